The topological polar surface area (TPSA) is 24.1 Å². The molecular weight excluding hydrogens is 283 g/mol. The molecule has 0 aromatic heterocycles. The molecule has 1 aromatic rings. The Labute approximate surface area is 110 Å². The quantitative estimate of drug-likeness (QED) is 0.874. The maximum Gasteiger partial charge on any atom is 0.137 e. The van der Waals surface area contributed by atoms with E-state index < -0.39 is 0 Å². The normalized spacial score (nSPS) is 21.0. The van der Waals surface area contributed by atoms with E-state index in [-0.39, 0.29) is 5.82 Å². The molecule has 2 nitrogen and oxygen atoms in total. The van der Waals surface area contributed by atoms with Crippen LogP contribution in [-0.4, -0.2) is 19.1 Å². The summed E-state index contributed by atoms with van der Waals surface area (Å²) >= 11 is 3.23. The number of benzene rings is 1. The van der Waals surface area contributed by atoms with E-state index in [0.29, 0.717) is 10.5 Å². The van der Waals surface area contributed by atoms with Crippen molar-refractivity contribution in [1.82, 2.24) is 5.32 Å². The molecule has 0 saturated carbocycles. The third kappa shape index (κ3) is 3.42. The minimum Gasteiger partial charge on any atom is -0.382 e. The van der Waals surface area contributed by atoms with Crippen molar-refractivity contribution in [2.24, 2.45) is 0 Å². The summed E-state index contributed by atoms with van der Waals surface area (Å²) in [7, 11) is 0. The van der Waals surface area contributed by atoms with Gasteiger partial charge in [-0.25, -0.2) is 4.39 Å². The van der Waals surface area contributed by atoms with E-state index in [9.17, 15) is 4.39 Å². The van der Waals surface area contributed by atoms with Crippen LogP contribution in [0.1, 0.15) is 24.8 Å². The minimum absolute atomic E-state index is 0.199. The van der Waals surface area contributed by atoms with Gasteiger partial charge < -0.3 is 10.6 Å². The Morgan fingerprint density at radius 2 is 2.18 bits per heavy atom. The number of aryl methyl sites for hydroxylation is 1. The molecule has 1 aromatic carbocycles. The first-order chi connectivity index (χ1) is 8.16. The summed E-state index contributed by atoms with van der Waals surface area (Å²) in [5.41, 5.74) is 1.99. The third-order valence-corrected chi connectivity index (χ3v) is 3.81. The van der Waals surface area contributed by atoms with E-state index in [0.717, 1.165) is 30.8 Å². The van der Waals surface area contributed by atoms with Crippen molar-refractivity contribution < 1.29 is 4.39 Å². The van der Waals surface area contributed by atoms with Gasteiger partial charge in [0.25, 0.3) is 0 Å². The fraction of sp³-hybridized carbons (Fsp3) is 0.538. The lowest BCUT2D eigenvalue weighted by atomic mass is 10.1. The number of nitrogens with one attached hydrogen (secondary N) is 2. The van der Waals surface area contributed by atoms with Gasteiger partial charge in [0.1, 0.15) is 5.82 Å². The van der Waals surface area contributed by atoms with Crippen LogP contribution in [0.25, 0.3) is 0 Å². The second-order valence-electron chi connectivity index (χ2n) is 4.60. The first kappa shape index (κ1) is 12.8. The van der Waals surface area contributed by atoms with Crippen LogP contribution in [0.5, 0.6) is 0 Å². The van der Waals surface area contributed by atoms with Gasteiger partial charge in [-0.1, -0.05) is 0 Å². The van der Waals surface area contributed by atoms with Gasteiger partial charge in [0, 0.05) is 11.7 Å². The summed E-state index contributed by atoms with van der Waals surface area (Å²) < 4.78 is 13.8. The van der Waals surface area contributed by atoms with Crippen molar-refractivity contribution >= 4 is 21.6 Å². The summed E-state index contributed by atoms with van der Waals surface area (Å²) in [5, 5.41) is 6.91. The molecule has 1 atom stereocenters. The van der Waals surface area contributed by atoms with Crippen molar-refractivity contribution in [2.75, 3.05) is 18.4 Å². The van der Waals surface area contributed by atoms with Crippen molar-refractivity contribution in [3.8, 4) is 0 Å². The number of halogens is 2. The smallest absolute Gasteiger partial charge is 0.137 e. The average molecular weight is 301 g/mol. The van der Waals surface area contributed by atoms with Crippen LogP contribution >= 0.6 is 15.9 Å². The average Bonchev–Trinajstić information content (AvgIpc) is 2.54. The summed E-state index contributed by atoms with van der Waals surface area (Å²) in [6.45, 7) is 4.09. The van der Waals surface area contributed by atoms with E-state index in [4.69, 9.17) is 0 Å². The van der Waals surface area contributed by atoms with Crippen molar-refractivity contribution in [2.45, 2.75) is 32.2 Å². The summed E-state index contributed by atoms with van der Waals surface area (Å²) in [6.07, 6.45) is 3.48. The van der Waals surface area contributed by atoms with E-state index in [1.807, 2.05) is 13.0 Å². The lowest BCUT2D eigenvalue weighted by Crippen LogP contribution is -2.22. The first-order valence-electron chi connectivity index (χ1n) is 6.09. The monoisotopic (exact) mass is 300 g/mol. The lowest BCUT2D eigenvalue weighted by molar-refractivity contribution is 0.617. The highest BCUT2D eigenvalue weighted by Gasteiger charge is 2.13. The van der Waals surface area contributed by atoms with Crippen LogP contribution in [-0.2, 0) is 0 Å². The standard InChI is InChI=1S/C13H18BrFN2/c1-9-7-12(15)11(14)8-13(9)17-10-3-2-5-16-6-4-10/h7-8,10,16-17H,2-6H2,1H3. The van der Waals surface area contributed by atoms with Gasteiger partial charge in [-0.3, -0.25) is 0 Å². The number of hydrogen-bond donors (Lipinski definition) is 2. The fourth-order valence-corrected chi connectivity index (χ4v) is 2.53. The van der Waals surface area contributed by atoms with Gasteiger partial charge in [0.15, 0.2) is 0 Å². The summed E-state index contributed by atoms with van der Waals surface area (Å²) in [5.74, 6) is -0.199. The SMILES string of the molecule is Cc1cc(F)c(Br)cc1NC1CCCNCC1. The Morgan fingerprint density at radius 1 is 1.35 bits per heavy atom. The Morgan fingerprint density at radius 3 is 3.00 bits per heavy atom. The van der Waals surface area contributed by atoms with Crippen LogP contribution in [0, 0.1) is 12.7 Å². The molecule has 1 saturated heterocycles. The molecule has 0 spiro atoms. The second kappa shape index (κ2) is 5.83. The molecule has 4 heteroatoms. The number of anilines is 1. The van der Waals surface area contributed by atoms with Crippen LogP contribution in [0.3, 0.4) is 0 Å². The Balaban J connectivity index is 2.09. The predicted molar refractivity (Wildman–Crippen MR) is 73.0 cm³/mol. The summed E-state index contributed by atoms with van der Waals surface area (Å²) in [6, 6.07) is 3.89. The van der Waals surface area contributed by atoms with Crippen LogP contribution < -0.4 is 10.6 Å². The Bertz CT molecular complexity index is 387. The van der Waals surface area contributed by atoms with Crippen LogP contribution in [0.2, 0.25) is 0 Å². The van der Waals surface area contributed by atoms with Crippen LogP contribution in [0.4, 0.5) is 10.1 Å². The third-order valence-electron chi connectivity index (χ3n) is 3.20. The first-order valence-corrected chi connectivity index (χ1v) is 6.89. The number of rotatable bonds is 2. The van der Waals surface area contributed by atoms with E-state index in [2.05, 4.69) is 26.6 Å². The van der Waals surface area contributed by atoms with Crippen molar-refractivity contribution in [3.63, 3.8) is 0 Å². The molecule has 94 valence electrons. The molecule has 17 heavy (non-hydrogen) atoms. The molecule has 1 unspecified atom stereocenters. The zero-order chi connectivity index (χ0) is 12.3. The van der Waals surface area contributed by atoms with E-state index in [1.54, 1.807) is 6.07 Å². The van der Waals surface area contributed by atoms with Gasteiger partial charge in [0.05, 0.1) is 4.47 Å². The molecule has 0 amide bonds. The highest BCUT2D eigenvalue weighted by Crippen LogP contribution is 2.25. The highest BCUT2D eigenvalue weighted by molar-refractivity contribution is 9.10. The molecule has 1 aliphatic rings. The van der Waals surface area contributed by atoms with Crippen molar-refractivity contribution in [3.05, 3.63) is 28.0 Å². The largest absolute Gasteiger partial charge is 0.382 e. The maximum atomic E-state index is 13.3. The van der Waals surface area contributed by atoms with Gasteiger partial charge in [-0.2, -0.15) is 0 Å². The molecule has 2 rings (SSSR count). The van der Waals surface area contributed by atoms with Gasteiger partial charge in [-0.05, 0) is 72.9 Å². The summed E-state index contributed by atoms with van der Waals surface area (Å²) in [4.78, 5) is 0. The molecule has 0 radical (unpaired) electrons. The molecule has 1 aliphatic heterocycles. The fourth-order valence-electron chi connectivity index (χ4n) is 2.19. The zero-order valence-corrected chi connectivity index (χ0v) is 11.6. The Hall–Kier alpha value is -0.610. The molecule has 1 fully saturated rings. The van der Waals surface area contributed by atoms with Gasteiger partial charge >= 0.3 is 0 Å². The van der Waals surface area contributed by atoms with Crippen molar-refractivity contribution in [1.29, 1.82) is 0 Å². The van der Waals surface area contributed by atoms with Gasteiger partial charge in [-0.15, -0.1) is 0 Å². The molecule has 0 bridgehead atoms. The van der Waals surface area contributed by atoms with Gasteiger partial charge in [0.2, 0.25) is 0 Å². The Kier molecular flexibility index (Phi) is 4.40. The van der Waals surface area contributed by atoms with E-state index in [1.165, 1.54) is 12.8 Å². The second-order valence-corrected chi connectivity index (χ2v) is 5.46. The maximum absolute atomic E-state index is 13.3. The molecule has 1 heterocycles. The lowest BCUT2D eigenvalue weighted by Gasteiger charge is -2.19. The highest BCUT2D eigenvalue weighted by atomic mass is 79.9. The molecule has 0 aliphatic carbocycles. The zero-order valence-electron chi connectivity index (χ0n) is 10.0. The predicted octanol–water partition coefficient (Wildman–Crippen LogP) is 3.45. The minimum atomic E-state index is -0.199. The number of hydrogen-bond acceptors (Lipinski definition) is 2. The molecule has 2 N–H and O–H groups in total. The van der Waals surface area contributed by atoms with E-state index >= 15 is 0 Å². The van der Waals surface area contributed by atoms with Crippen LogP contribution in [0.15, 0.2) is 16.6 Å². The molecular formula is C13H18BrFN2.